The fraction of sp³-hybridized carbons (Fsp3) is 0.900. The van der Waals surface area contributed by atoms with Gasteiger partial charge in [0, 0.05) is 32.5 Å². The molecular formula is C10H17NO. The summed E-state index contributed by atoms with van der Waals surface area (Å²) < 4.78 is 0. The second kappa shape index (κ2) is 2.84. The zero-order chi connectivity index (χ0) is 8.60. The minimum atomic E-state index is 0.451. The van der Waals surface area contributed by atoms with E-state index in [2.05, 4.69) is 11.8 Å². The number of rotatable bonds is 2. The third-order valence-electron chi connectivity index (χ3n) is 3.12. The van der Waals surface area contributed by atoms with Crippen molar-refractivity contribution in [1.82, 2.24) is 4.90 Å². The van der Waals surface area contributed by atoms with Crippen LogP contribution in [0.3, 0.4) is 0 Å². The third kappa shape index (κ3) is 1.86. The molecule has 1 aliphatic heterocycles. The van der Waals surface area contributed by atoms with E-state index in [1.807, 2.05) is 0 Å². The number of hydrogen-bond donors (Lipinski definition) is 0. The third-order valence-corrected chi connectivity index (χ3v) is 3.12. The summed E-state index contributed by atoms with van der Waals surface area (Å²) in [6, 6.07) is 0. The molecule has 2 rings (SSSR count). The lowest BCUT2D eigenvalue weighted by atomic mass is 10.1. The summed E-state index contributed by atoms with van der Waals surface area (Å²) in [4.78, 5) is 13.4. The van der Waals surface area contributed by atoms with E-state index in [1.54, 1.807) is 0 Å². The SMILES string of the molecule is CC1(CN2CCC(=O)CC2)CC1. The Morgan fingerprint density at radius 1 is 1.33 bits per heavy atom. The molecule has 0 N–H and O–H groups in total. The molecule has 0 bridgehead atoms. The van der Waals surface area contributed by atoms with Gasteiger partial charge in [-0.15, -0.1) is 0 Å². The number of ketones is 1. The summed E-state index contributed by atoms with van der Waals surface area (Å²) >= 11 is 0. The first kappa shape index (κ1) is 8.24. The maximum absolute atomic E-state index is 11.0. The first-order chi connectivity index (χ1) is 5.68. The van der Waals surface area contributed by atoms with Gasteiger partial charge in [-0.05, 0) is 18.3 Å². The van der Waals surface area contributed by atoms with Crippen LogP contribution in [0.2, 0.25) is 0 Å². The molecule has 0 unspecified atom stereocenters. The molecule has 2 nitrogen and oxygen atoms in total. The predicted molar refractivity (Wildman–Crippen MR) is 48.0 cm³/mol. The zero-order valence-corrected chi connectivity index (χ0v) is 7.81. The molecule has 0 atom stereocenters. The highest BCUT2D eigenvalue weighted by Gasteiger charge is 2.39. The second-order valence-corrected chi connectivity index (χ2v) is 4.63. The summed E-state index contributed by atoms with van der Waals surface area (Å²) in [7, 11) is 0. The highest BCUT2D eigenvalue weighted by molar-refractivity contribution is 5.79. The fourth-order valence-electron chi connectivity index (χ4n) is 1.87. The van der Waals surface area contributed by atoms with E-state index in [-0.39, 0.29) is 0 Å². The lowest BCUT2D eigenvalue weighted by molar-refractivity contribution is -0.121. The molecule has 1 saturated carbocycles. The number of likely N-dealkylation sites (tertiary alicyclic amines) is 1. The molecule has 1 aliphatic carbocycles. The number of hydrogen-bond acceptors (Lipinski definition) is 2. The van der Waals surface area contributed by atoms with E-state index < -0.39 is 0 Å². The average Bonchev–Trinajstić information content (AvgIpc) is 2.74. The average molecular weight is 167 g/mol. The lowest BCUT2D eigenvalue weighted by Crippen LogP contribution is -2.37. The number of carbonyl (C=O) groups is 1. The van der Waals surface area contributed by atoms with E-state index >= 15 is 0 Å². The van der Waals surface area contributed by atoms with Crippen LogP contribution in [0.15, 0.2) is 0 Å². The van der Waals surface area contributed by atoms with Gasteiger partial charge in [0.05, 0.1) is 0 Å². The maximum Gasteiger partial charge on any atom is 0.135 e. The molecule has 2 heteroatoms. The number of Topliss-reactive ketones (excluding diaryl/α,β-unsaturated/α-hetero) is 1. The Morgan fingerprint density at radius 2 is 1.92 bits per heavy atom. The Labute approximate surface area is 73.9 Å². The van der Waals surface area contributed by atoms with E-state index in [0.717, 1.165) is 25.9 Å². The molecule has 0 spiro atoms. The molecule has 0 aromatic rings. The van der Waals surface area contributed by atoms with Crippen LogP contribution in [-0.4, -0.2) is 30.3 Å². The molecule has 0 aromatic heterocycles. The quantitative estimate of drug-likeness (QED) is 0.620. The van der Waals surface area contributed by atoms with Crippen LogP contribution < -0.4 is 0 Å². The van der Waals surface area contributed by atoms with E-state index in [4.69, 9.17) is 0 Å². The monoisotopic (exact) mass is 167 g/mol. The first-order valence-electron chi connectivity index (χ1n) is 4.92. The zero-order valence-electron chi connectivity index (χ0n) is 7.81. The molecule has 1 heterocycles. The second-order valence-electron chi connectivity index (χ2n) is 4.63. The van der Waals surface area contributed by atoms with Crippen molar-refractivity contribution in [1.29, 1.82) is 0 Å². The topological polar surface area (TPSA) is 20.3 Å². The van der Waals surface area contributed by atoms with Crippen molar-refractivity contribution >= 4 is 5.78 Å². The van der Waals surface area contributed by atoms with Gasteiger partial charge in [-0.1, -0.05) is 6.92 Å². The predicted octanol–water partition coefficient (Wildman–Crippen LogP) is 1.45. The molecule has 2 fully saturated rings. The molecule has 1 saturated heterocycles. The molecular weight excluding hydrogens is 150 g/mol. The number of nitrogens with zero attached hydrogens (tertiary/aromatic N) is 1. The van der Waals surface area contributed by atoms with Gasteiger partial charge in [-0.25, -0.2) is 0 Å². The van der Waals surface area contributed by atoms with Crippen LogP contribution in [0, 0.1) is 5.41 Å². The Kier molecular flexibility index (Phi) is 1.95. The lowest BCUT2D eigenvalue weighted by Gasteiger charge is -2.28. The van der Waals surface area contributed by atoms with Gasteiger partial charge in [0.25, 0.3) is 0 Å². The van der Waals surface area contributed by atoms with Crippen LogP contribution in [-0.2, 0) is 4.79 Å². The van der Waals surface area contributed by atoms with Crippen LogP contribution in [0.4, 0.5) is 0 Å². The van der Waals surface area contributed by atoms with Crippen LogP contribution in [0.25, 0.3) is 0 Å². The molecule has 0 amide bonds. The summed E-state index contributed by atoms with van der Waals surface area (Å²) in [6.07, 6.45) is 4.35. The van der Waals surface area contributed by atoms with Crippen molar-refractivity contribution in [3.05, 3.63) is 0 Å². The Hall–Kier alpha value is -0.370. The number of piperidine rings is 1. The maximum atomic E-state index is 11.0. The van der Waals surface area contributed by atoms with E-state index in [1.165, 1.54) is 19.4 Å². The Bertz CT molecular complexity index is 186. The minimum absolute atomic E-state index is 0.451. The van der Waals surface area contributed by atoms with Gasteiger partial charge < -0.3 is 4.90 Å². The Morgan fingerprint density at radius 3 is 2.42 bits per heavy atom. The normalized spacial score (nSPS) is 28.9. The molecule has 12 heavy (non-hydrogen) atoms. The molecule has 0 radical (unpaired) electrons. The molecule has 68 valence electrons. The van der Waals surface area contributed by atoms with Gasteiger partial charge in [0.15, 0.2) is 0 Å². The standard InChI is InChI=1S/C10H17NO/c1-10(4-5-10)8-11-6-2-9(12)3-7-11/h2-8H2,1H3. The van der Waals surface area contributed by atoms with E-state index in [0.29, 0.717) is 11.2 Å². The van der Waals surface area contributed by atoms with Crippen molar-refractivity contribution in [3.8, 4) is 0 Å². The van der Waals surface area contributed by atoms with Crippen molar-refractivity contribution in [2.75, 3.05) is 19.6 Å². The molecule has 0 aromatic carbocycles. The molecule has 2 aliphatic rings. The van der Waals surface area contributed by atoms with Crippen LogP contribution >= 0.6 is 0 Å². The summed E-state index contributed by atoms with van der Waals surface area (Å²) in [5.74, 6) is 0.451. The van der Waals surface area contributed by atoms with Gasteiger partial charge in [-0.3, -0.25) is 4.79 Å². The van der Waals surface area contributed by atoms with Crippen molar-refractivity contribution < 1.29 is 4.79 Å². The van der Waals surface area contributed by atoms with E-state index in [9.17, 15) is 4.79 Å². The van der Waals surface area contributed by atoms with Crippen LogP contribution in [0.1, 0.15) is 32.6 Å². The summed E-state index contributed by atoms with van der Waals surface area (Å²) in [6.45, 7) is 5.59. The van der Waals surface area contributed by atoms with Crippen molar-refractivity contribution in [2.24, 2.45) is 5.41 Å². The van der Waals surface area contributed by atoms with Gasteiger partial charge in [0.2, 0.25) is 0 Å². The fourth-order valence-corrected chi connectivity index (χ4v) is 1.87. The Balaban J connectivity index is 1.78. The van der Waals surface area contributed by atoms with Gasteiger partial charge in [0.1, 0.15) is 5.78 Å². The van der Waals surface area contributed by atoms with Gasteiger partial charge >= 0.3 is 0 Å². The number of carbonyl (C=O) groups excluding carboxylic acids is 1. The minimum Gasteiger partial charge on any atom is -0.302 e. The van der Waals surface area contributed by atoms with Gasteiger partial charge in [-0.2, -0.15) is 0 Å². The summed E-state index contributed by atoms with van der Waals surface area (Å²) in [5, 5.41) is 0. The van der Waals surface area contributed by atoms with Crippen molar-refractivity contribution in [3.63, 3.8) is 0 Å². The largest absolute Gasteiger partial charge is 0.302 e. The smallest absolute Gasteiger partial charge is 0.135 e. The van der Waals surface area contributed by atoms with Crippen LogP contribution in [0.5, 0.6) is 0 Å². The summed E-state index contributed by atoms with van der Waals surface area (Å²) in [5.41, 5.74) is 0.611. The van der Waals surface area contributed by atoms with Crippen molar-refractivity contribution in [2.45, 2.75) is 32.6 Å². The highest BCUT2D eigenvalue weighted by Crippen LogP contribution is 2.45. The first-order valence-corrected chi connectivity index (χ1v) is 4.92. The highest BCUT2D eigenvalue weighted by atomic mass is 16.1.